The van der Waals surface area contributed by atoms with E-state index in [1.165, 1.54) is 12.1 Å². The van der Waals surface area contributed by atoms with Crippen LogP contribution in [-0.4, -0.2) is 24.1 Å². The van der Waals surface area contributed by atoms with Gasteiger partial charge in [0, 0.05) is 11.8 Å². The lowest BCUT2D eigenvalue weighted by Gasteiger charge is -2.07. The summed E-state index contributed by atoms with van der Waals surface area (Å²) in [6.07, 6.45) is -1.64. The first-order valence-electron chi connectivity index (χ1n) is 7.23. The molecule has 1 aromatic carbocycles. The summed E-state index contributed by atoms with van der Waals surface area (Å²) in [5.74, 6) is 0.439. The van der Waals surface area contributed by atoms with E-state index >= 15 is 0 Å². The maximum atomic E-state index is 12.7. The molecule has 0 aliphatic rings. The second-order valence-corrected chi connectivity index (χ2v) is 7.34. The monoisotopic (exact) mass is 369 g/mol. The Kier molecular flexibility index (Phi) is 4.29. The normalized spacial score (nSPS) is 12.6. The number of aromatic nitrogens is 2. The molecule has 0 fully saturated rings. The molecule has 1 N–H and O–H groups in total. The fourth-order valence-electron chi connectivity index (χ4n) is 2.44. The second-order valence-electron chi connectivity index (χ2n) is 5.51. The number of halogens is 3. The molecule has 2 heterocycles. The van der Waals surface area contributed by atoms with Crippen molar-refractivity contribution in [1.82, 2.24) is 14.1 Å². The number of fused-ring (bicyclic) bond motifs is 1. The van der Waals surface area contributed by atoms with Crippen LogP contribution < -0.4 is 4.72 Å². The highest BCUT2D eigenvalue weighted by molar-refractivity contribution is 7.88. The topological polar surface area (TPSA) is 63.5 Å². The van der Waals surface area contributed by atoms with Crippen molar-refractivity contribution >= 4 is 15.5 Å². The van der Waals surface area contributed by atoms with E-state index in [0.29, 0.717) is 22.6 Å². The summed E-state index contributed by atoms with van der Waals surface area (Å²) in [5.41, 5.74) is 0.922. The molecule has 0 aliphatic carbocycles. The van der Waals surface area contributed by atoms with Crippen LogP contribution in [0.1, 0.15) is 11.3 Å². The summed E-state index contributed by atoms with van der Waals surface area (Å²) in [6.45, 7) is -0.00696. The Morgan fingerprint density at radius 2 is 1.80 bits per heavy atom. The molecule has 0 aliphatic heterocycles. The SMILES string of the molecule is CS(=O)(=O)NCc1nc(-c2ccc(C(F)(F)F)cc2)n2ccccc12. The summed E-state index contributed by atoms with van der Waals surface area (Å²) >= 11 is 0. The van der Waals surface area contributed by atoms with Crippen LogP contribution in [-0.2, 0) is 22.7 Å². The number of pyridine rings is 1. The fraction of sp³-hybridized carbons (Fsp3) is 0.188. The summed E-state index contributed by atoms with van der Waals surface area (Å²) in [7, 11) is -3.39. The number of alkyl halides is 3. The van der Waals surface area contributed by atoms with Crippen molar-refractivity contribution in [3.63, 3.8) is 0 Å². The van der Waals surface area contributed by atoms with Gasteiger partial charge in [0.15, 0.2) is 0 Å². The molecule has 9 heteroatoms. The maximum absolute atomic E-state index is 12.7. The van der Waals surface area contributed by atoms with Crippen molar-refractivity contribution in [2.75, 3.05) is 6.26 Å². The van der Waals surface area contributed by atoms with Gasteiger partial charge >= 0.3 is 6.18 Å². The van der Waals surface area contributed by atoms with Gasteiger partial charge in [-0.25, -0.2) is 18.1 Å². The first-order chi connectivity index (χ1) is 11.6. The Bertz CT molecular complexity index is 1010. The summed E-state index contributed by atoms with van der Waals surface area (Å²) < 4.78 is 64.8. The molecule has 5 nitrogen and oxygen atoms in total. The number of hydrogen-bond acceptors (Lipinski definition) is 3. The largest absolute Gasteiger partial charge is 0.416 e. The van der Waals surface area contributed by atoms with Crippen LogP contribution in [0.4, 0.5) is 13.2 Å². The highest BCUT2D eigenvalue weighted by atomic mass is 32.2. The average Bonchev–Trinajstić information content (AvgIpc) is 2.90. The molecule has 0 bridgehead atoms. The van der Waals surface area contributed by atoms with Crippen molar-refractivity contribution in [2.45, 2.75) is 12.7 Å². The predicted molar refractivity (Wildman–Crippen MR) is 87.3 cm³/mol. The van der Waals surface area contributed by atoms with Crippen LogP contribution in [0, 0.1) is 0 Å². The standard InChI is InChI=1S/C16H14F3N3O2S/c1-25(23,24)20-10-13-14-4-2-3-9-22(14)15(21-13)11-5-7-12(8-6-11)16(17,18)19/h2-9,20H,10H2,1H3. The van der Waals surface area contributed by atoms with Crippen LogP contribution >= 0.6 is 0 Å². The first-order valence-corrected chi connectivity index (χ1v) is 9.12. The molecule has 3 rings (SSSR count). The van der Waals surface area contributed by atoms with E-state index in [-0.39, 0.29) is 6.54 Å². The number of imidazole rings is 1. The Balaban J connectivity index is 2.04. The molecule has 25 heavy (non-hydrogen) atoms. The lowest BCUT2D eigenvalue weighted by molar-refractivity contribution is -0.137. The molecule has 0 atom stereocenters. The number of benzene rings is 1. The Labute approximate surface area is 142 Å². The van der Waals surface area contributed by atoms with E-state index in [9.17, 15) is 21.6 Å². The van der Waals surface area contributed by atoms with Crippen molar-refractivity contribution < 1.29 is 21.6 Å². The van der Waals surface area contributed by atoms with Gasteiger partial charge in [0.25, 0.3) is 0 Å². The molecular formula is C16H14F3N3O2S. The Morgan fingerprint density at radius 1 is 1.12 bits per heavy atom. The number of nitrogens with zero attached hydrogens (tertiary/aromatic N) is 2. The zero-order valence-electron chi connectivity index (χ0n) is 13.1. The van der Waals surface area contributed by atoms with Crippen LogP contribution in [0.5, 0.6) is 0 Å². The quantitative estimate of drug-likeness (QED) is 0.769. The summed E-state index contributed by atoms with van der Waals surface area (Å²) in [5, 5.41) is 0. The van der Waals surface area contributed by atoms with E-state index in [1.54, 1.807) is 28.8 Å². The van der Waals surface area contributed by atoms with Crippen LogP contribution in [0.15, 0.2) is 48.7 Å². The molecule has 132 valence electrons. The van der Waals surface area contributed by atoms with Gasteiger partial charge in [-0.05, 0) is 24.3 Å². The third-order valence-corrected chi connectivity index (χ3v) is 4.27. The smallest absolute Gasteiger partial charge is 0.299 e. The zero-order valence-corrected chi connectivity index (χ0v) is 13.9. The van der Waals surface area contributed by atoms with Gasteiger partial charge in [-0.3, -0.25) is 4.40 Å². The molecule has 0 radical (unpaired) electrons. The van der Waals surface area contributed by atoms with E-state index in [0.717, 1.165) is 18.4 Å². The van der Waals surface area contributed by atoms with Crippen molar-refractivity contribution in [2.24, 2.45) is 0 Å². The van der Waals surface area contributed by atoms with E-state index in [1.807, 2.05) is 0 Å². The Hall–Kier alpha value is -2.39. The molecule has 0 saturated heterocycles. The minimum absolute atomic E-state index is 0.00696. The highest BCUT2D eigenvalue weighted by Gasteiger charge is 2.30. The predicted octanol–water partition coefficient (Wildman–Crippen LogP) is 3.07. The zero-order chi connectivity index (χ0) is 18.2. The maximum Gasteiger partial charge on any atom is 0.416 e. The Morgan fingerprint density at radius 3 is 2.40 bits per heavy atom. The van der Waals surface area contributed by atoms with Crippen LogP contribution in [0.25, 0.3) is 16.9 Å². The van der Waals surface area contributed by atoms with E-state index in [4.69, 9.17) is 0 Å². The van der Waals surface area contributed by atoms with Crippen LogP contribution in [0.2, 0.25) is 0 Å². The van der Waals surface area contributed by atoms with E-state index in [2.05, 4.69) is 9.71 Å². The number of hydrogen-bond donors (Lipinski definition) is 1. The summed E-state index contributed by atoms with van der Waals surface area (Å²) in [6, 6.07) is 9.98. The third kappa shape index (κ3) is 3.83. The van der Waals surface area contributed by atoms with Gasteiger partial charge in [-0.2, -0.15) is 13.2 Å². The minimum Gasteiger partial charge on any atom is -0.299 e. The lowest BCUT2D eigenvalue weighted by atomic mass is 10.1. The number of rotatable bonds is 4. The van der Waals surface area contributed by atoms with Gasteiger partial charge in [0.05, 0.1) is 29.6 Å². The number of nitrogens with one attached hydrogen (secondary N) is 1. The van der Waals surface area contributed by atoms with Gasteiger partial charge < -0.3 is 0 Å². The lowest BCUT2D eigenvalue weighted by Crippen LogP contribution is -2.21. The van der Waals surface area contributed by atoms with Gasteiger partial charge in [-0.15, -0.1) is 0 Å². The molecule has 2 aromatic heterocycles. The molecule has 3 aromatic rings. The molecular weight excluding hydrogens is 355 g/mol. The molecule has 0 unspecified atom stereocenters. The second kappa shape index (κ2) is 6.16. The molecule has 0 saturated carbocycles. The summed E-state index contributed by atoms with van der Waals surface area (Å²) in [4.78, 5) is 4.41. The fourth-order valence-corrected chi connectivity index (χ4v) is 2.84. The van der Waals surface area contributed by atoms with Crippen molar-refractivity contribution in [3.8, 4) is 11.4 Å². The third-order valence-electron chi connectivity index (χ3n) is 3.60. The molecule has 0 spiro atoms. The molecule has 0 amide bonds. The van der Waals surface area contributed by atoms with Crippen molar-refractivity contribution in [3.05, 3.63) is 59.9 Å². The van der Waals surface area contributed by atoms with Crippen molar-refractivity contribution in [1.29, 1.82) is 0 Å². The number of sulfonamides is 1. The van der Waals surface area contributed by atoms with E-state index < -0.39 is 21.8 Å². The first kappa shape index (κ1) is 17.4. The van der Waals surface area contributed by atoms with Crippen LogP contribution in [0.3, 0.4) is 0 Å². The average molecular weight is 369 g/mol. The van der Waals surface area contributed by atoms with Gasteiger partial charge in [-0.1, -0.05) is 18.2 Å². The minimum atomic E-state index is -4.41. The van der Waals surface area contributed by atoms with Gasteiger partial charge in [0.2, 0.25) is 10.0 Å². The van der Waals surface area contributed by atoms with Gasteiger partial charge in [0.1, 0.15) is 5.82 Å². The highest BCUT2D eigenvalue weighted by Crippen LogP contribution is 2.31.